The Balaban J connectivity index is 1.54. The fourth-order valence-corrected chi connectivity index (χ4v) is 4.31. The van der Waals surface area contributed by atoms with Crippen molar-refractivity contribution in [3.05, 3.63) is 76.6 Å². The molecule has 1 N–H and O–H groups in total. The van der Waals surface area contributed by atoms with Crippen LogP contribution in [0.1, 0.15) is 28.9 Å². The molecule has 33 heavy (non-hydrogen) atoms. The van der Waals surface area contributed by atoms with Gasteiger partial charge in [-0.3, -0.25) is 4.79 Å². The number of halogens is 1. The zero-order chi connectivity index (χ0) is 23.8. The molecule has 0 unspecified atom stereocenters. The first-order valence-electron chi connectivity index (χ1n) is 10.8. The van der Waals surface area contributed by atoms with Crippen LogP contribution in [0.15, 0.2) is 54.2 Å². The van der Waals surface area contributed by atoms with Gasteiger partial charge in [-0.15, -0.1) is 16.8 Å². The normalized spacial score (nSPS) is 10.8. The average molecular weight is 485 g/mol. The van der Waals surface area contributed by atoms with E-state index >= 15 is 0 Å². The highest BCUT2D eigenvalue weighted by atomic mass is 35.5. The molecule has 0 fully saturated rings. The van der Waals surface area contributed by atoms with Crippen LogP contribution in [0.5, 0.6) is 5.75 Å². The zero-order valence-corrected chi connectivity index (χ0v) is 20.8. The molecule has 1 amide bonds. The van der Waals surface area contributed by atoms with E-state index in [0.717, 1.165) is 40.4 Å². The van der Waals surface area contributed by atoms with E-state index in [1.807, 2.05) is 61.7 Å². The van der Waals surface area contributed by atoms with Gasteiger partial charge in [-0.05, 0) is 68.1 Å². The Morgan fingerprint density at radius 2 is 2.03 bits per heavy atom. The fraction of sp³-hybridized carbons (Fsp3) is 0.320. The summed E-state index contributed by atoms with van der Waals surface area (Å²) in [6.07, 6.45) is 3.30. The van der Waals surface area contributed by atoms with Crippen molar-refractivity contribution in [3.63, 3.8) is 0 Å². The van der Waals surface area contributed by atoms with E-state index in [9.17, 15) is 4.79 Å². The molecular formula is C25H29ClN4O2S. The second-order valence-electron chi connectivity index (χ2n) is 7.74. The van der Waals surface area contributed by atoms with Gasteiger partial charge in [0.25, 0.3) is 0 Å². The van der Waals surface area contributed by atoms with Gasteiger partial charge < -0.3 is 14.6 Å². The summed E-state index contributed by atoms with van der Waals surface area (Å²) in [5.41, 5.74) is 4.06. The molecule has 0 saturated heterocycles. The van der Waals surface area contributed by atoms with Crippen molar-refractivity contribution >= 4 is 35.0 Å². The van der Waals surface area contributed by atoms with Crippen molar-refractivity contribution in [1.29, 1.82) is 0 Å². The molecule has 0 aliphatic carbocycles. The number of rotatable bonds is 11. The molecule has 1 aromatic heterocycles. The van der Waals surface area contributed by atoms with Crippen molar-refractivity contribution in [2.24, 2.45) is 0 Å². The standard InChI is InChI=1S/C25H29ClN4O2S/c1-5-13-30-23(10-7-14-32-22-12-11-20(26)15-18(22)3)28-29-25(30)33-16-24(31)27-21-9-6-8-17(2)19(21)4/h5-6,8-9,11-12,15H,1,7,10,13-14,16H2,2-4H3,(H,27,31). The van der Waals surface area contributed by atoms with Gasteiger partial charge in [-0.1, -0.05) is 41.6 Å². The number of carbonyl (C=O) groups is 1. The third-order valence-electron chi connectivity index (χ3n) is 5.26. The molecule has 8 heteroatoms. The van der Waals surface area contributed by atoms with Crippen LogP contribution in [0.2, 0.25) is 5.02 Å². The van der Waals surface area contributed by atoms with Gasteiger partial charge in [0.15, 0.2) is 5.16 Å². The first-order valence-corrected chi connectivity index (χ1v) is 12.2. The number of carbonyl (C=O) groups excluding carboxylic acids is 1. The molecule has 0 atom stereocenters. The summed E-state index contributed by atoms with van der Waals surface area (Å²) in [5, 5.41) is 13.0. The van der Waals surface area contributed by atoms with Crippen molar-refractivity contribution in [3.8, 4) is 5.75 Å². The van der Waals surface area contributed by atoms with Crippen molar-refractivity contribution in [1.82, 2.24) is 14.8 Å². The molecule has 0 radical (unpaired) electrons. The summed E-state index contributed by atoms with van der Waals surface area (Å²) < 4.78 is 7.88. The Morgan fingerprint density at radius 1 is 1.21 bits per heavy atom. The molecule has 1 heterocycles. The minimum Gasteiger partial charge on any atom is -0.493 e. The summed E-state index contributed by atoms with van der Waals surface area (Å²) >= 11 is 7.37. The van der Waals surface area contributed by atoms with E-state index in [4.69, 9.17) is 16.3 Å². The van der Waals surface area contributed by atoms with Gasteiger partial charge in [0, 0.05) is 23.7 Å². The SMILES string of the molecule is C=CCn1c(CCCOc2ccc(Cl)cc2C)nnc1SCC(=O)Nc1cccc(C)c1C. The highest BCUT2D eigenvalue weighted by molar-refractivity contribution is 7.99. The summed E-state index contributed by atoms with van der Waals surface area (Å²) in [7, 11) is 0. The molecule has 0 bridgehead atoms. The van der Waals surface area contributed by atoms with E-state index < -0.39 is 0 Å². The smallest absolute Gasteiger partial charge is 0.234 e. The summed E-state index contributed by atoms with van der Waals surface area (Å²) in [4.78, 5) is 12.5. The van der Waals surface area contributed by atoms with Crippen LogP contribution in [0, 0.1) is 20.8 Å². The van der Waals surface area contributed by atoms with Gasteiger partial charge in [0.1, 0.15) is 11.6 Å². The van der Waals surface area contributed by atoms with Crippen LogP contribution in [0.25, 0.3) is 0 Å². The average Bonchev–Trinajstić information content (AvgIpc) is 3.16. The number of benzene rings is 2. The van der Waals surface area contributed by atoms with Crippen molar-refractivity contribution in [2.75, 3.05) is 17.7 Å². The van der Waals surface area contributed by atoms with Gasteiger partial charge in [-0.2, -0.15) is 0 Å². The summed E-state index contributed by atoms with van der Waals surface area (Å²) in [5.74, 6) is 1.86. The van der Waals surface area contributed by atoms with Crippen LogP contribution >= 0.6 is 23.4 Å². The monoisotopic (exact) mass is 484 g/mol. The second kappa shape index (κ2) is 11.9. The number of aromatic nitrogens is 3. The number of hydrogen-bond acceptors (Lipinski definition) is 5. The Bertz CT molecular complexity index is 1130. The van der Waals surface area contributed by atoms with Gasteiger partial charge in [0.05, 0.1) is 12.4 Å². The lowest BCUT2D eigenvalue weighted by molar-refractivity contribution is -0.113. The minimum atomic E-state index is -0.0739. The van der Waals surface area contributed by atoms with Gasteiger partial charge in [0.2, 0.25) is 5.91 Å². The minimum absolute atomic E-state index is 0.0739. The van der Waals surface area contributed by atoms with Crippen molar-refractivity contribution < 1.29 is 9.53 Å². The number of ether oxygens (including phenoxy) is 1. The molecule has 174 valence electrons. The number of anilines is 1. The van der Waals surface area contributed by atoms with Gasteiger partial charge >= 0.3 is 0 Å². The predicted octanol–water partition coefficient (Wildman–Crippen LogP) is 5.79. The fourth-order valence-electron chi connectivity index (χ4n) is 3.31. The Labute approximate surface area is 204 Å². The molecule has 6 nitrogen and oxygen atoms in total. The highest BCUT2D eigenvalue weighted by Crippen LogP contribution is 2.23. The maximum atomic E-state index is 12.5. The van der Waals surface area contributed by atoms with Crippen LogP contribution in [-0.4, -0.2) is 33.0 Å². The number of nitrogens with zero attached hydrogens (tertiary/aromatic N) is 3. The molecule has 2 aromatic carbocycles. The number of allylic oxidation sites excluding steroid dienone is 1. The maximum absolute atomic E-state index is 12.5. The van der Waals surface area contributed by atoms with Gasteiger partial charge in [-0.25, -0.2) is 0 Å². The van der Waals surface area contributed by atoms with Crippen LogP contribution in [0.4, 0.5) is 5.69 Å². The van der Waals surface area contributed by atoms with E-state index in [1.54, 1.807) is 6.08 Å². The largest absolute Gasteiger partial charge is 0.493 e. The van der Waals surface area contributed by atoms with E-state index in [1.165, 1.54) is 11.8 Å². The lowest BCUT2D eigenvalue weighted by Gasteiger charge is -2.11. The predicted molar refractivity (Wildman–Crippen MR) is 135 cm³/mol. The highest BCUT2D eigenvalue weighted by Gasteiger charge is 2.14. The summed E-state index contributed by atoms with van der Waals surface area (Å²) in [6.45, 7) is 11.0. The summed E-state index contributed by atoms with van der Waals surface area (Å²) in [6, 6.07) is 11.5. The number of thioether (sulfide) groups is 1. The number of nitrogens with one attached hydrogen (secondary N) is 1. The second-order valence-corrected chi connectivity index (χ2v) is 9.12. The Morgan fingerprint density at radius 3 is 2.79 bits per heavy atom. The number of aryl methyl sites for hydroxylation is 3. The van der Waals surface area contributed by atoms with E-state index in [0.29, 0.717) is 29.8 Å². The quantitative estimate of drug-likeness (QED) is 0.212. The Hall–Kier alpha value is -2.77. The van der Waals surface area contributed by atoms with E-state index in [-0.39, 0.29) is 11.7 Å². The molecule has 0 saturated carbocycles. The third kappa shape index (κ3) is 6.85. The third-order valence-corrected chi connectivity index (χ3v) is 6.46. The van der Waals surface area contributed by atoms with Crippen molar-refractivity contribution in [2.45, 2.75) is 45.3 Å². The Kier molecular flexibility index (Phi) is 8.97. The number of hydrogen-bond donors (Lipinski definition) is 1. The van der Waals surface area contributed by atoms with Crippen LogP contribution < -0.4 is 10.1 Å². The lowest BCUT2D eigenvalue weighted by atomic mass is 10.1. The molecule has 3 rings (SSSR count). The van der Waals surface area contributed by atoms with E-state index in [2.05, 4.69) is 22.1 Å². The molecule has 0 aliphatic rings. The van der Waals surface area contributed by atoms with Crippen LogP contribution in [-0.2, 0) is 17.8 Å². The first kappa shape index (κ1) is 24.9. The molecular weight excluding hydrogens is 456 g/mol. The topological polar surface area (TPSA) is 69.0 Å². The van der Waals surface area contributed by atoms with Crippen LogP contribution in [0.3, 0.4) is 0 Å². The molecule has 3 aromatic rings. The first-order chi connectivity index (χ1) is 15.9. The number of amides is 1. The molecule has 0 aliphatic heterocycles. The zero-order valence-electron chi connectivity index (χ0n) is 19.2. The maximum Gasteiger partial charge on any atom is 0.234 e. The molecule has 0 spiro atoms. The lowest BCUT2D eigenvalue weighted by Crippen LogP contribution is -2.16.